The Morgan fingerprint density at radius 1 is 0.757 bits per heavy atom. The van der Waals surface area contributed by atoms with Gasteiger partial charge in [0.05, 0.1) is 4.90 Å². The molecule has 0 aliphatic heterocycles. The summed E-state index contributed by atoms with van der Waals surface area (Å²) < 4.78 is 27.9. The van der Waals surface area contributed by atoms with Gasteiger partial charge in [-0.2, -0.15) is 0 Å². The minimum absolute atomic E-state index is 0.341. The number of fused-ring (bicyclic) bond motifs is 1. The topological polar surface area (TPSA) is 58.2 Å². The summed E-state index contributed by atoms with van der Waals surface area (Å²) in [5, 5.41) is 4.86. The van der Waals surface area contributed by atoms with Crippen molar-refractivity contribution in [2.24, 2.45) is 11.8 Å². The zero-order valence-electron chi connectivity index (χ0n) is 21.3. The monoisotopic (exact) mass is 536 g/mol. The molecule has 0 bridgehead atoms. The molecular formula is C31H37ClN2O2S. The minimum atomic E-state index is -3.43. The summed E-state index contributed by atoms with van der Waals surface area (Å²) in [6.45, 7) is 1.55. The van der Waals surface area contributed by atoms with Crippen molar-refractivity contribution < 1.29 is 8.42 Å². The van der Waals surface area contributed by atoms with Gasteiger partial charge in [0.25, 0.3) is 0 Å². The molecule has 1 fully saturated rings. The Kier molecular flexibility index (Phi) is 8.66. The summed E-state index contributed by atoms with van der Waals surface area (Å²) in [5.41, 5.74) is 4.08. The van der Waals surface area contributed by atoms with E-state index in [0.717, 1.165) is 56.5 Å². The summed E-state index contributed by atoms with van der Waals surface area (Å²) in [7, 11) is -3.43. The maximum atomic E-state index is 12.6. The number of benzene rings is 3. The van der Waals surface area contributed by atoms with E-state index in [2.05, 4.69) is 52.5 Å². The zero-order chi connectivity index (χ0) is 25.7. The molecule has 0 amide bonds. The van der Waals surface area contributed by atoms with Crippen molar-refractivity contribution in [2.75, 3.05) is 13.1 Å². The molecular weight excluding hydrogens is 500 g/mol. The van der Waals surface area contributed by atoms with E-state index in [1.807, 2.05) is 12.1 Å². The number of halogens is 1. The van der Waals surface area contributed by atoms with Gasteiger partial charge >= 0.3 is 0 Å². The van der Waals surface area contributed by atoms with Crippen LogP contribution < -0.4 is 10.0 Å². The fourth-order valence-electron chi connectivity index (χ4n) is 6.14. The van der Waals surface area contributed by atoms with Crippen LogP contribution in [0.5, 0.6) is 0 Å². The Bertz CT molecular complexity index is 1260. The van der Waals surface area contributed by atoms with Crippen molar-refractivity contribution in [1.82, 2.24) is 10.0 Å². The molecule has 2 N–H and O–H groups in total. The Balaban J connectivity index is 1.15. The number of rotatable bonds is 9. The summed E-state index contributed by atoms with van der Waals surface area (Å²) in [5.74, 6) is 1.46. The van der Waals surface area contributed by atoms with Gasteiger partial charge in [-0.15, -0.1) is 0 Å². The van der Waals surface area contributed by atoms with Crippen LogP contribution >= 0.6 is 11.6 Å². The standard InChI is InChI=1S/C31H37ClN2O2S/c32-30-13-7-12-27-28(30)18-19-31(29(27)20-23-8-3-1-4-9-23)33-21-24-14-16-25(17-15-24)22-34-37(35,36)26-10-5-2-6-11-26/h1-13,24-25,29,31,33-34H,14-22H2. The molecule has 2 atom stereocenters. The van der Waals surface area contributed by atoms with Crippen LogP contribution in [-0.2, 0) is 22.9 Å². The summed E-state index contributed by atoms with van der Waals surface area (Å²) in [6, 6.07) is 26.2. The van der Waals surface area contributed by atoms with Crippen molar-refractivity contribution in [3.05, 3.63) is 101 Å². The second-order valence-electron chi connectivity index (χ2n) is 10.7. The molecule has 3 aromatic carbocycles. The van der Waals surface area contributed by atoms with Gasteiger partial charge in [0, 0.05) is 23.5 Å². The van der Waals surface area contributed by atoms with E-state index >= 15 is 0 Å². The van der Waals surface area contributed by atoms with Crippen molar-refractivity contribution in [3.63, 3.8) is 0 Å². The third-order valence-corrected chi connectivity index (χ3v) is 10.1. The van der Waals surface area contributed by atoms with Gasteiger partial charge in [-0.05, 0) is 98.2 Å². The molecule has 2 aliphatic carbocycles. The lowest BCUT2D eigenvalue weighted by Gasteiger charge is -2.37. The van der Waals surface area contributed by atoms with Crippen molar-refractivity contribution in [2.45, 2.75) is 61.8 Å². The second kappa shape index (κ2) is 12.1. The van der Waals surface area contributed by atoms with Gasteiger partial charge < -0.3 is 5.32 Å². The van der Waals surface area contributed by atoms with E-state index in [0.29, 0.717) is 35.2 Å². The Morgan fingerprint density at radius 3 is 2.11 bits per heavy atom. The van der Waals surface area contributed by atoms with Crippen LogP contribution in [0.15, 0.2) is 83.8 Å². The number of nitrogens with one attached hydrogen (secondary N) is 2. The predicted octanol–water partition coefficient (Wildman–Crippen LogP) is 6.36. The number of sulfonamides is 1. The smallest absolute Gasteiger partial charge is 0.240 e. The first-order valence-electron chi connectivity index (χ1n) is 13.6. The first-order chi connectivity index (χ1) is 18.0. The van der Waals surface area contributed by atoms with Crippen LogP contribution in [-0.4, -0.2) is 27.5 Å². The van der Waals surface area contributed by atoms with Gasteiger partial charge in [0.15, 0.2) is 0 Å². The highest BCUT2D eigenvalue weighted by Crippen LogP contribution is 2.38. The van der Waals surface area contributed by atoms with E-state index in [9.17, 15) is 8.42 Å². The van der Waals surface area contributed by atoms with E-state index in [4.69, 9.17) is 11.6 Å². The number of hydrogen-bond donors (Lipinski definition) is 2. The molecule has 0 radical (unpaired) electrons. The highest BCUT2D eigenvalue weighted by atomic mass is 35.5. The number of hydrogen-bond acceptors (Lipinski definition) is 3. The predicted molar refractivity (Wildman–Crippen MR) is 152 cm³/mol. The largest absolute Gasteiger partial charge is 0.313 e. The average molecular weight is 537 g/mol. The van der Waals surface area contributed by atoms with Gasteiger partial charge in [-0.3, -0.25) is 0 Å². The van der Waals surface area contributed by atoms with Crippen LogP contribution in [0.2, 0.25) is 5.02 Å². The Labute approximate surface area is 226 Å². The van der Waals surface area contributed by atoms with E-state index in [1.54, 1.807) is 24.3 Å². The molecule has 0 aromatic heterocycles. The molecule has 2 unspecified atom stereocenters. The highest BCUT2D eigenvalue weighted by Gasteiger charge is 2.31. The second-order valence-corrected chi connectivity index (χ2v) is 12.9. The maximum Gasteiger partial charge on any atom is 0.240 e. The Hall–Kier alpha value is -2.18. The first-order valence-corrected chi connectivity index (χ1v) is 15.4. The molecule has 0 heterocycles. The normalized spacial score (nSPS) is 23.9. The molecule has 4 nitrogen and oxygen atoms in total. The van der Waals surface area contributed by atoms with Crippen LogP contribution in [0.25, 0.3) is 0 Å². The SMILES string of the molecule is O=S(=O)(NCC1CCC(CNC2CCc3c(Cl)cccc3C2Cc2ccccc2)CC1)c1ccccc1. The lowest BCUT2D eigenvalue weighted by Crippen LogP contribution is -2.42. The van der Waals surface area contributed by atoms with Crippen LogP contribution in [0.4, 0.5) is 0 Å². The highest BCUT2D eigenvalue weighted by molar-refractivity contribution is 7.89. The van der Waals surface area contributed by atoms with Gasteiger partial charge in [-0.1, -0.05) is 72.3 Å². The zero-order valence-corrected chi connectivity index (χ0v) is 22.9. The molecule has 6 heteroatoms. The molecule has 0 saturated heterocycles. The summed E-state index contributed by atoms with van der Waals surface area (Å²) >= 11 is 6.60. The molecule has 1 saturated carbocycles. The van der Waals surface area contributed by atoms with Gasteiger partial charge in [0.1, 0.15) is 0 Å². The van der Waals surface area contributed by atoms with Crippen LogP contribution in [0.3, 0.4) is 0 Å². The fraction of sp³-hybridized carbons (Fsp3) is 0.419. The van der Waals surface area contributed by atoms with Gasteiger partial charge in [0.2, 0.25) is 10.0 Å². The van der Waals surface area contributed by atoms with Crippen LogP contribution in [0, 0.1) is 11.8 Å². The van der Waals surface area contributed by atoms with Gasteiger partial charge in [-0.25, -0.2) is 13.1 Å². The molecule has 3 aromatic rings. The molecule has 196 valence electrons. The summed E-state index contributed by atoms with van der Waals surface area (Å²) in [6.07, 6.45) is 7.56. The molecule has 5 rings (SSSR count). The Morgan fingerprint density at radius 2 is 1.41 bits per heavy atom. The lowest BCUT2D eigenvalue weighted by atomic mass is 9.75. The van der Waals surface area contributed by atoms with E-state index < -0.39 is 10.0 Å². The van der Waals surface area contributed by atoms with E-state index in [1.165, 1.54) is 16.7 Å². The van der Waals surface area contributed by atoms with Crippen molar-refractivity contribution >= 4 is 21.6 Å². The quantitative estimate of drug-likeness (QED) is 0.335. The fourth-order valence-corrected chi connectivity index (χ4v) is 7.55. The van der Waals surface area contributed by atoms with Crippen molar-refractivity contribution in [3.8, 4) is 0 Å². The molecule has 37 heavy (non-hydrogen) atoms. The average Bonchev–Trinajstić information content (AvgIpc) is 2.93. The molecule has 0 spiro atoms. The van der Waals surface area contributed by atoms with E-state index in [-0.39, 0.29) is 0 Å². The molecule has 2 aliphatic rings. The third-order valence-electron chi connectivity index (χ3n) is 8.29. The first kappa shape index (κ1) is 26.4. The minimum Gasteiger partial charge on any atom is -0.313 e. The maximum absolute atomic E-state index is 12.6. The summed E-state index contributed by atoms with van der Waals surface area (Å²) in [4.78, 5) is 0.341. The lowest BCUT2D eigenvalue weighted by molar-refractivity contribution is 0.252. The van der Waals surface area contributed by atoms with Crippen LogP contribution in [0.1, 0.15) is 54.7 Å². The third kappa shape index (κ3) is 6.64. The van der Waals surface area contributed by atoms with Crippen molar-refractivity contribution in [1.29, 1.82) is 0 Å².